The van der Waals surface area contributed by atoms with Gasteiger partial charge in [0.1, 0.15) is 0 Å². The fraction of sp³-hybridized carbons (Fsp3) is 0.316. The monoisotopic (exact) mass is 376 g/mol. The summed E-state index contributed by atoms with van der Waals surface area (Å²) < 4.78 is 31.1. The number of rotatable bonds is 8. The van der Waals surface area contributed by atoms with Gasteiger partial charge in [-0.1, -0.05) is 42.0 Å². The number of aryl methyl sites for hydroxylation is 1. The van der Waals surface area contributed by atoms with E-state index in [2.05, 4.69) is 5.32 Å². The van der Waals surface area contributed by atoms with Crippen LogP contribution in [0.25, 0.3) is 0 Å². The summed E-state index contributed by atoms with van der Waals surface area (Å²) in [4.78, 5) is 12.3. The van der Waals surface area contributed by atoms with E-state index in [1.165, 1.54) is 7.05 Å². The van der Waals surface area contributed by atoms with Crippen LogP contribution in [0.1, 0.15) is 16.7 Å². The number of hydrogen-bond donors (Lipinski definition) is 1. The Hall–Kier alpha value is -2.22. The molecule has 7 heteroatoms. The van der Waals surface area contributed by atoms with E-state index in [1.54, 1.807) is 31.4 Å². The molecule has 0 spiro atoms. The van der Waals surface area contributed by atoms with Crippen molar-refractivity contribution in [2.45, 2.75) is 25.0 Å². The maximum absolute atomic E-state index is 12.5. The van der Waals surface area contributed by atoms with Gasteiger partial charge in [-0.05, 0) is 30.2 Å². The van der Waals surface area contributed by atoms with Crippen molar-refractivity contribution in [3.05, 3.63) is 65.2 Å². The molecular formula is C19H24N2O4S. The second kappa shape index (κ2) is 8.93. The van der Waals surface area contributed by atoms with Gasteiger partial charge >= 0.3 is 0 Å². The molecule has 2 aromatic rings. The largest absolute Gasteiger partial charge is 0.380 e. The van der Waals surface area contributed by atoms with E-state index < -0.39 is 10.0 Å². The lowest BCUT2D eigenvalue weighted by atomic mass is 10.1. The van der Waals surface area contributed by atoms with Crippen LogP contribution in [0.5, 0.6) is 0 Å². The minimum atomic E-state index is -3.69. The van der Waals surface area contributed by atoms with Crippen molar-refractivity contribution in [1.82, 2.24) is 9.62 Å². The third-order valence-electron chi connectivity index (χ3n) is 3.92. The first-order chi connectivity index (χ1) is 12.3. The van der Waals surface area contributed by atoms with Gasteiger partial charge in [-0.2, -0.15) is 4.31 Å². The summed E-state index contributed by atoms with van der Waals surface area (Å²) in [6.07, 6.45) is 0. The summed E-state index contributed by atoms with van der Waals surface area (Å²) in [6, 6.07) is 14.2. The maximum Gasteiger partial charge on any atom is 0.243 e. The number of nitrogens with one attached hydrogen (secondary N) is 1. The van der Waals surface area contributed by atoms with Gasteiger partial charge in [-0.25, -0.2) is 8.42 Å². The molecule has 140 valence electrons. The Labute approximate surface area is 154 Å². The van der Waals surface area contributed by atoms with Crippen LogP contribution < -0.4 is 5.32 Å². The van der Waals surface area contributed by atoms with Gasteiger partial charge < -0.3 is 10.1 Å². The van der Waals surface area contributed by atoms with Crippen molar-refractivity contribution in [1.29, 1.82) is 0 Å². The second-order valence-corrected chi connectivity index (χ2v) is 8.15. The summed E-state index contributed by atoms with van der Waals surface area (Å²) in [6.45, 7) is 2.52. The first-order valence-electron chi connectivity index (χ1n) is 8.19. The summed E-state index contributed by atoms with van der Waals surface area (Å²) in [5.41, 5.74) is 2.95. The van der Waals surface area contributed by atoms with Gasteiger partial charge in [-0.15, -0.1) is 0 Å². The molecule has 0 bridgehead atoms. The minimum absolute atomic E-state index is 0.173. The summed E-state index contributed by atoms with van der Waals surface area (Å²) in [7, 11) is -0.656. The molecule has 1 N–H and O–H groups in total. The Balaban J connectivity index is 1.91. The molecule has 0 atom stereocenters. The molecule has 1 amide bonds. The van der Waals surface area contributed by atoms with Crippen LogP contribution in [0.15, 0.2) is 53.4 Å². The number of nitrogens with zero attached hydrogens (tertiary/aromatic N) is 1. The van der Waals surface area contributed by atoms with Crippen molar-refractivity contribution in [3.8, 4) is 0 Å². The number of hydrogen-bond acceptors (Lipinski definition) is 4. The summed E-state index contributed by atoms with van der Waals surface area (Å²) in [5, 5.41) is 2.74. The van der Waals surface area contributed by atoms with Crippen LogP contribution in [-0.4, -0.2) is 39.3 Å². The second-order valence-electron chi connectivity index (χ2n) is 6.10. The highest BCUT2D eigenvalue weighted by molar-refractivity contribution is 7.89. The molecule has 0 heterocycles. The molecule has 0 saturated carbocycles. The van der Waals surface area contributed by atoms with Gasteiger partial charge in [0.2, 0.25) is 15.9 Å². The zero-order valence-corrected chi connectivity index (χ0v) is 16.0. The third kappa shape index (κ3) is 5.39. The molecule has 0 radical (unpaired) electrons. The molecule has 0 unspecified atom stereocenters. The summed E-state index contributed by atoms with van der Waals surface area (Å²) >= 11 is 0. The Morgan fingerprint density at radius 1 is 1.04 bits per heavy atom. The van der Waals surface area contributed by atoms with Crippen molar-refractivity contribution < 1.29 is 17.9 Å². The average Bonchev–Trinajstić information content (AvgIpc) is 2.61. The molecule has 26 heavy (non-hydrogen) atoms. The Kier molecular flexibility index (Phi) is 6.90. The first kappa shape index (κ1) is 20.1. The zero-order valence-electron chi connectivity index (χ0n) is 15.2. The number of methoxy groups -OCH3 is 1. The SMILES string of the molecule is COCc1ccc(CNC(=O)CN(C)S(=O)(=O)c2ccc(C)cc2)cc1. The van der Waals surface area contributed by atoms with E-state index in [-0.39, 0.29) is 17.3 Å². The lowest BCUT2D eigenvalue weighted by molar-refractivity contribution is -0.121. The number of benzene rings is 2. The van der Waals surface area contributed by atoms with E-state index in [9.17, 15) is 13.2 Å². The van der Waals surface area contributed by atoms with Crippen molar-refractivity contribution in [2.75, 3.05) is 20.7 Å². The maximum atomic E-state index is 12.5. The summed E-state index contributed by atoms with van der Waals surface area (Å²) in [5.74, 6) is -0.357. The number of sulfonamides is 1. The van der Waals surface area contributed by atoms with E-state index in [0.29, 0.717) is 13.2 Å². The molecule has 6 nitrogen and oxygen atoms in total. The van der Waals surface area contributed by atoms with E-state index in [4.69, 9.17) is 4.74 Å². The Morgan fingerprint density at radius 3 is 2.19 bits per heavy atom. The van der Waals surface area contributed by atoms with Gasteiger partial charge in [0, 0.05) is 20.7 Å². The molecule has 2 rings (SSSR count). The highest BCUT2D eigenvalue weighted by atomic mass is 32.2. The smallest absolute Gasteiger partial charge is 0.243 e. The van der Waals surface area contributed by atoms with Gasteiger partial charge in [-0.3, -0.25) is 4.79 Å². The Bertz CT molecular complexity index is 831. The first-order valence-corrected chi connectivity index (χ1v) is 9.63. The van der Waals surface area contributed by atoms with Crippen LogP contribution in [0.4, 0.5) is 0 Å². The fourth-order valence-corrected chi connectivity index (χ4v) is 3.48. The average molecular weight is 376 g/mol. The fourth-order valence-electron chi connectivity index (χ4n) is 2.35. The number of ether oxygens (including phenoxy) is 1. The lowest BCUT2D eigenvalue weighted by Crippen LogP contribution is -2.38. The number of carbonyl (C=O) groups excluding carboxylic acids is 1. The zero-order chi connectivity index (χ0) is 19.2. The van der Waals surface area contributed by atoms with Crippen LogP contribution in [0.3, 0.4) is 0 Å². The molecular weight excluding hydrogens is 352 g/mol. The van der Waals surface area contributed by atoms with E-state index in [1.807, 2.05) is 31.2 Å². The number of likely N-dealkylation sites (N-methyl/N-ethyl adjacent to an activating group) is 1. The number of amides is 1. The van der Waals surface area contributed by atoms with Crippen LogP contribution in [0, 0.1) is 6.92 Å². The minimum Gasteiger partial charge on any atom is -0.380 e. The van der Waals surface area contributed by atoms with E-state index in [0.717, 1.165) is 21.0 Å². The molecule has 0 fully saturated rings. The van der Waals surface area contributed by atoms with Crippen molar-refractivity contribution in [2.24, 2.45) is 0 Å². The molecule has 0 aliphatic heterocycles. The lowest BCUT2D eigenvalue weighted by Gasteiger charge is -2.17. The van der Waals surface area contributed by atoms with Crippen LogP contribution in [0.2, 0.25) is 0 Å². The molecule has 2 aromatic carbocycles. The van der Waals surface area contributed by atoms with Crippen molar-refractivity contribution in [3.63, 3.8) is 0 Å². The Morgan fingerprint density at radius 2 is 1.62 bits per heavy atom. The molecule has 0 aromatic heterocycles. The van der Waals surface area contributed by atoms with Gasteiger partial charge in [0.15, 0.2) is 0 Å². The molecule has 0 aliphatic carbocycles. The molecule has 0 aliphatic rings. The topological polar surface area (TPSA) is 75.7 Å². The van der Waals surface area contributed by atoms with E-state index >= 15 is 0 Å². The van der Waals surface area contributed by atoms with Gasteiger partial charge in [0.05, 0.1) is 18.0 Å². The predicted octanol–water partition coefficient (Wildman–Crippen LogP) is 2.08. The number of carbonyl (C=O) groups is 1. The van der Waals surface area contributed by atoms with Crippen molar-refractivity contribution >= 4 is 15.9 Å². The third-order valence-corrected chi connectivity index (χ3v) is 5.74. The van der Waals surface area contributed by atoms with Crippen LogP contribution in [-0.2, 0) is 32.7 Å². The molecule has 0 saturated heterocycles. The quantitative estimate of drug-likeness (QED) is 0.765. The highest BCUT2D eigenvalue weighted by Gasteiger charge is 2.22. The standard InChI is InChI=1S/C19H24N2O4S/c1-15-4-10-18(11-5-15)26(23,24)21(2)13-19(22)20-12-16-6-8-17(9-7-16)14-25-3/h4-11H,12-14H2,1-3H3,(H,20,22). The normalized spacial score (nSPS) is 11.5. The van der Waals surface area contributed by atoms with Crippen LogP contribution >= 0.6 is 0 Å². The predicted molar refractivity (Wildman–Crippen MR) is 100.0 cm³/mol. The highest BCUT2D eigenvalue weighted by Crippen LogP contribution is 2.14. The van der Waals surface area contributed by atoms with Gasteiger partial charge in [0.25, 0.3) is 0 Å².